The second-order valence-electron chi connectivity index (χ2n) is 9.31. The SMILES string of the molecule is CC(C)(NC(=O)OCc1ccccc1)C(=O)Nc1ccnc(C(N)=CC(=NCc2ccccc2F)c2ccon2)n1. The molecule has 11 nitrogen and oxygen atoms in total. The highest BCUT2D eigenvalue weighted by molar-refractivity contribution is 6.10. The average Bonchev–Trinajstić information content (AvgIpc) is 3.50. The molecule has 0 saturated heterocycles. The quantitative estimate of drug-likeness (QED) is 0.244. The van der Waals surface area contributed by atoms with Crippen LogP contribution in [-0.4, -0.2) is 38.4 Å². The number of anilines is 1. The van der Waals surface area contributed by atoms with Crippen LogP contribution in [0.4, 0.5) is 15.0 Å². The molecule has 2 aromatic heterocycles. The third kappa shape index (κ3) is 8.05. The Balaban J connectivity index is 1.44. The summed E-state index contributed by atoms with van der Waals surface area (Å²) in [7, 11) is 0. The number of carbonyl (C=O) groups excluding carboxylic acids is 2. The number of nitrogens with zero attached hydrogens (tertiary/aromatic N) is 4. The minimum Gasteiger partial charge on any atom is -0.445 e. The molecule has 0 bridgehead atoms. The monoisotopic (exact) mass is 557 g/mol. The largest absolute Gasteiger partial charge is 0.445 e. The van der Waals surface area contributed by atoms with E-state index in [2.05, 4.69) is 30.8 Å². The summed E-state index contributed by atoms with van der Waals surface area (Å²) in [4.78, 5) is 38.2. The Labute approximate surface area is 235 Å². The Morgan fingerprint density at radius 3 is 2.59 bits per heavy atom. The first-order chi connectivity index (χ1) is 19.7. The molecule has 0 spiro atoms. The number of hydrogen-bond donors (Lipinski definition) is 3. The highest BCUT2D eigenvalue weighted by atomic mass is 19.1. The molecule has 41 heavy (non-hydrogen) atoms. The standard InChI is InChI=1S/C29H28FN7O4/c1-29(2,36-28(39)40-18-19-8-4-3-5-9-19)27(38)35-25-12-14-32-26(34-25)22(31)16-24(23-13-15-41-37-23)33-17-20-10-6-7-11-21(20)30/h3-16H,17-18,31H2,1-2H3,(H,36,39)(H,32,34,35,38). The molecule has 0 saturated carbocycles. The Morgan fingerprint density at radius 1 is 1.10 bits per heavy atom. The van der Waals surface area contributed by atoms with Gasteiger partial charge in [-0.25, -0.2) is 19.2 Å². The molecule has 0 aliphatic heterocycles. The molecule has 2 aromatic carbocycles. The van der Waals surface area contributed by atoms with Crippen molar-refractivity contribution in [2.45, 2.75) is 32.5 Å². The molecule has 210 valence electrons. The number of nitrogens with one attached hydrogen (secondary N) is 2. The minimum absolute atomic E-state index is 0.0332. The molecule has 0 aliphatic rings. The van der Waals surface area contributed by atoms with Crippen molar-refractivity contribution in [2.75, 3.05) is 5.32 Å². The summed E-state index contributed by atoms with van der Waals surface area (Å²) in [5.74, 6) is -0.689. The minimum atomic E-state index is -1.33. The van der Waals surface area contributed by atoms with Crippen LogP contribution in [-0.2, 0) is 22.7 Å². The fourth-order valence-electron chi connectivity index (χ4n) is 3.47. The van der Waals surface area contributed by atoms with Crippen LogP contribution in [0.15, 0.2) is 94.8 Å². The number of aliphatic imine (C=N–C) groups is 1. The Morgan fingerprint density at radius 2 is 1.85 bits per heavy atom. The molecule has 2 amide bonds. The zero-order valence-corrected chi connectivity index (χ0v) is 22.4. The highest BCUT2D eigenvalue weighted by Gasteiger charge is 2.30. The predicted octanol–water partition coefficient (Wildman–Crippen LogP) is 4.24. The lowest BCUT2D eigenvalue weighted by molar-refractivity contribution is -0.121. The van der Waals surface area contributed by atoms with Crippen LogP contribution < -0.4 is 16.4 Å². The number of halogens is 1. The molecule has 0 aliphatic carbocycles. The summed E-state index contributed by atoms with van der Waals surface area (Å²) in [6, 6.07) is 18.5. The van der Waals surface area contributed by atoms with Crippen molar-refractivity contribution in [3.05, 3.63) is 114 Å². The highest BCUT2D eigenvalue weighted by Crippen LogP contribution is 2.14. The van der Waals surface area contributed by atoms with Crippen molar-refractivity contribution in [3.8, 4) is 0 Å². The number of carbonyl (C=O) groups is 2. The van der Waals surface area contributed by atoms with E-state index in [1.807, 2.05) is 30.3 Å². The molecule has 12 heteroatoms. The lowest BCUT2D eigenvalue weighted by atomic mass is 10.1. The molecule has 4 rings (SSSR count). The lowest BCUT2D eigenvalue weighted by Gasteiger charge is -2.24. The van der Waals surface area contributed by atoms with Gasteiger partial charge >= 0.3 is 6.09 Å². The number of hydrogen-bond acceptors (Lipinski definition) is 9. The zero-order valence-electron chi connectivity index (χ0n) is 22.4. The first-order valence-corrected chi connectivity index (χ1v) is 12.5. The number of alkyl carbamates (subject to hydrolysis) is 1. The third-order valence-electron chi connectivity index (χ3n) is 5.72. The maximum atomic E-state index is 14.1. The van der Waals surface area contributed by atoms with E-state index in [1.165, 1.54) is 44.5 Å². The first kappa shape index (κ1) is 28.6. The van der Waals surface area contributed by atoms with Gasteiger partial charge in [-0.1, -0.05) is 53.7 Å². The van der Waals surface area contributed by atoms with Gasteiger partial charge in [-0.05, 0) is 37.6 Å². The van der Waals surface area contributed by atoms with Crippen molar-refractivity contribution >= 4 is 29.2 Å². The van der Waals surface area contributed by atoms with Crippen LogP contribution >= 0.6 is 0 Å². The molecular weight excluding hydrogens is 529 g/mol. The molecule has 0 radical (unpaired) electrons. The second-order valence-corrected chi connectivity index (χ2v) is 9.31. The van der Waals surface area contributed by atoms with Crippen molar-refractivity contribution in [1.29, 1.82) is 0 Å². The van der Waals surface area contributed by atoms with E-state index in [9.17, 15) is 14.0 Å². The summed E-state index contributed by atoms with van der Waals surface area (Å²) in [6.07, 6.45) is 3.52. The predicted molar refractivity (Wildman–Crippen MR) is 150 cm³/mol. The van der Waals surface area contributed by atoms with E-state index in [1.54, 1.807) is 24.3 Å². The molecule has 4 aromatic rings. The Hall–Kier alpha value is -5.39. The van der Waals surface area contributed by atoms with E-state index < -0.39 is 17.5 Å². The maximum absolute atomic E-state index is 14.1. The fourth-order valence-corrected chi connectivity index (χ4v) is 3.47. The van der Waals surface area contributed by atoms with Crippen LogP contribution in [0.3, 0.4) is 0 Å². The van der Waals surface area contributed by atoms with E-state index in [0.29, 0.717) is 17.0 Å². The molecule has 0 fully saturated rings. The van der Waals surface area contributed by atoms with Gasteiger partial charge in [-0.3, -0.25) is 9.79 Å². The summed E-state index contributed by atoms with van der Waals surface area (Å²) in [5, 5.41) is 9.09. The van der Waals surface area contributed by atoms with Gasteiger partial charge in [0, 0.05) is 17.8 Å². The lowest BCUT2D eigenvalue weighted by Crippen LogP contribution is -2.52. The van der Waals surface area contributed by atoms with Gasteiger partial charge in [0.1, 0.15) is 35.7 Å². The average molecular weight is 558 g/mol. The summed E-state index contributed by atoms with van der Waals surface area (Å²) in [5.41, 5.74) is 6.94. The molecule has 2 heterocycles. The first-order valence-electron chi connectivity index (χ1n) is 12.5. The number of nitrogens with two attached hydrogens (primary N) is 1. The molecule has 0 unspecified atom stereocenters. The van der Waals surface area contributed by atoms with Crippen LogP contribution in [0.1, 0.15) is 36.5 Å². The van der Waals surface area contributed by atoms with Gasteiger partial charge in [0.15, 0.2) is 5.82 Å². The van der Waals surface area contributed by atoms with E-state index in [4.69, 9.17) is 15.0 Å². The third-order valence-corrected chi connectivity index (χ3v) is 5.72. The number of amides is 2. The topological polar surface area (TPSA) is 158 Å². The van der Waals surface area contributed by atoms with Crippen LogP contribution in [0.2, 0.25) is 0 Å². The summed E-state index contributed by atoms with van der Waals surface area (Å²) < 4.78 is 24.2. The molecule has 4 N–H and O–H groups in total. The second kappa shape index (κ2) is 13.1. The van der Waals surface area contributed by atoms with E-state index in [-0.39, 0.29) is 36.3 Å². The van der Waals surface area contributed by atoms with Gasteiger partial charge in [0.05, 0.1) is 18.0 Å². The zero-order chi connectivity index (χ0) is 29.2. The van der Waals surface area contributed by atoms with E-state index >= 15 is 0 Å². The normalized spacial score (nSPS) is 12.1. The van der Waals surface area contributed by atoms with Crippen molar-refractivity contribution in [1.82, 2.24) is 20.4 Å². The van der Waals surface area contributed by atoms with Crippen molar-refractivity contribution < 1.29 is 23.2 Å². The smallest absolute Gasteiger partial charge is 0.408 e. The van der Waals surface area contributed by atoms with Crippen LogP contribution in [0, 0.1) is 5.82 Å². The number of benzene rings is 2. The van der Waals surface area contributed by atoms with Crippen molar-refractivity contribution in [2.24, 2.45) is 10.7 Å². The van der Waals surface area contributed by atoms with Gasteiger partial charge < -0.3 is 25.6 Å². The molecule has 0 atom stereocenters. The van der Waals surface area contributed by atoms with Crippen LogP contribution in [0.5, 0.6) is 0 Å². The fraction of sp³-hybridized carbons (Fsp3) is 0.172. The van der Waals surface area contributed by atoms with Gasteiger partial charge in [0.25, 0.3) is 5.91 Å². The van der Waals surface area contributed by atoms with Crippen LogP contribution in [0.25, 0.3) is 5.70 Å². The number of rotatable bonds is 10. The van der Waals surface area contributed by atoms with Gasteiger partial charge in [0.2, 0.25) is 0 Å². The van der Waals surface area contributed by atoms with Gasteiger partial charge in [-0.15, -0.1) is 0 Å². The van der Waals surface area contributed by atoms with Crippen molar-refractivity contribution in [3.63, 3.8) is 0 Å². The number of aromatic nitrogens is 3. The van der Waals surface area contributed by atoms with Gasteiger partial charge in [-0.2, -0.15) is 0 Å². The maximum Gasteiger partial charge on any atom is 0.408 e. The number of ether oxygens (including phenoxy) is 1. The molecular formula is C29H28FN7O4. The summed E-state index contributed by atoms with van der Waals surface area (Å²) in [6.45, 7) is 3.15. The number of allylic oxidation sites excluding steroid dienone is 1. The van der Waals surface area contributed by atoms with E-state index in [0.717, 1.165) is 5.56 Å². The summed E-state index contributed by atoms with van der Waals surface area (Å²) >= 11 is 0. The Kier molecular flexibility index (Phi) is 9.15. The Bertz CT molecular complexity index is 1550.